The number of anilines is 1. The Morgan fingerprint density at radius 2 is 2.12 bits per heavy atom. The third-order valence-corrected chi connectivity index (χ3v) is 8.51. The van der Waals surface area contributed by atoms with Crippen molar-refractivity contribution in [2.45, 2.75) is 57.3 Å². The molecule has 3 heterocycles. The molecule has 2 aromatic heterocycles. The number of nitrogens with zero attached hydrogens (tertiary/aromatic N) is 2. The van der Waals surface area contributed by atoms with E-state index in [1.165, 1.54) is 0 Å². The van der Waals surface area contributed by atoms with E-state index in [1.54, 1.807) is 0 Å². The number of allylic oxidation sites excluding steroid dienone is 3. The molecule has 1 amide bonds. The van der Waals surface area contributed by atoms with E-state index in [0.717, 1.165) is 77.0 Å². The largest absolute Gasteiger partial charge is 0.369 e. The first-order chi connectivity index (χ1) is 16.4. The number of carbonyl (C=O) groups excluding carboxylic acids is 2. The molecule has 3 atom stereocenters. The summed E-state index contributed by atoms with van der Waals surface area (Å²) in [4.78, 5) is 29.9. The van der Waals surface area contributed by atoms with Gasteiger partial charge in [-0.15, -0.1) is 0 Å². The summed E-state index contributed by atoms with van der Waals surface area (Å²) in [7, 11) is 0. The Balaban J connectivity index is 1.19. The second-order valence-corrected chi connectivity index (χ2v) is 11.4. The number of Topliss-reactive ketones (excluding diaryl/α,β-unsaturated/α-hetero) is 1. The monoisotopic (exact) mass is 521 g/mol. The Labute approximate surface area is 206 Å². The van der Waals surface area contributed by atoms with Gasteiger partial charge < -0.3 is 11.1 Å². The second kappa shape index (κ2) is 8.18. The number of rotatable bonds is 5. The molecule has 2 aromatic rings. The van der Waals surface area contributed by atoms with E-state index in [1.807, 2.05) is 18.3 Å². The van der Waals surface area contributed by atoms with Gasteiger partial charge in [0.25, 0.3) is 0 Å². The first-order valence-electron chi connectivity index (χ1n) is 12.1. The summed E-state index contributed by atoms with van der Waals surface area (Å²) in [6, 6.07) is 4.00. The third kappa shape index (κ3) is 3.91. The number of aromatic amines is 1. The quantitative estimate of drug-likeness (QED) is 0.530. The van der Waals surface area contributed by atoms with Crippen LogP contribution in [-0.2, 0) is 16.0 Å². The highest BCUT2D eigenvalue weighted by atomic mass is 79.9. The molecule has 3 unspecified atom stereocenters. The lowest BCUT2D eigenvalue weighted by atomic mass is 9.69. The fraction of sp³-hybridized carbons (Fsp3) is 0.462. The summed E-state index contributed by atoms with van der Waals surface area (Å²) in [6.45, 7) is 0. The van der Waals surface area contributed by atoms with Crippen molar-refractivity contribution in [2.75, 3.05) is 5.32 Å². The smallest absolute Gasteiger partial charge is 0.226 e. The summed E-state index contributed by atoms with van der Waals surface area (Å²) >= 11 is 3.42. The number of primary amides is 1. The average molecular weight is 522 g/mol. The molecule has 0 bridgehead atoms. The number of hydrogen-bond donors (Lipinski definition) is 3. The van der Waals surface area contributed by atoms with Crippen molar-refractivity contribution in [1.29, 1.82) is 0 Å². The van der Waals surface area contributed by atoms with E-state index in [2.05, 4.69) is 48.6 Å². The highest BCUT2D eigenvalue weighted by molar-refractivity contribution is 9.10. The number of pyridine rings is 1. The summed E-state index contributed by atoms with van der Waals surface area (Å²) in [5.74, 6) is 1.09. The zero-order valence-corrected chi connectivity index (χ0v) is 20.5. The summed E-state index contributed by atoms with van der Waals surface area (Å²) in [5, 5.41) is 11.1. The normalized spacial score (nSPS) is 27.1. The van der Waals surface area contributed by atoms with Crippen molar-refractivity contribution in [1.82, 2.24) is 15.2 Å². The van der Waals surface area contributed by atoms with Gasteiger partial charge in [0.1, 0.15) is 5.82 Å². The molecule has 4 aliphatic rings. The Morgan fingerprint density at radius 3 is 2.85 bits per heavy atom. The topological polar surface area (TPSA) is 114 Å². The Hall–Kier alpha value is -2.74. The van der Waals surface area contributed by atoms with Crippen LogP contribution in [0.25, 0.3) is 6.08 Å². The van der Waals surface area contributed by atoms with Crippen molar-refractivity contribution < 1.29 is 9.59 Å². The molecule has 1 aliphatic heterocycles. The number of carbonyl (C=O) groups is 2. The fourth-order valence-electron chi connectivity index (χ4n) is 6.21. The maximum absolute atomic E-state index is 13.3. The van der Waals surface area contributed by atoms with Gasteiger partial charge in [-0.1, -0.05) is 6.08 Å². The van der Waals surface area contributed by atoms with Gasteiger partial charge in [-0.3, -0.25) is 19.7 Å². The van der Waals surface area contributed by atoms with Crippen LogP contribution >= 0.6 is 15.9 Å². The van der Waals surface area contributed by atoms with Crippen molar-refractivity contribution in [3.8, 4) is 0 Å². The SMILES string of the molecule is NC(=O)C(c1n[nH]c2c1CC1=C(CC3(CCC(/C=C/c4ccc(Br)cn4)C3)CC1=O)N2)C1CC1. The van der Waals surface area contributed by atoms with Crippen molar-refractivity contribution in [3.63, 3.8) is 0 Å². The van der Waals surface area contributed by atoms with Crippen LogP contribution in [0.3, 0.4) is 0 Å². The van der Waals surface area contributed by atoms with Crippen LogP contribution in [0.4, 0.5) is 5.82 Å². The molecule has 34 heavy (non-hydrogen) atoms. The van der Waals surface area contributed by atoms with Crippen LogP contribution in [0.2, 0.25) is 0 Å². The number of ketones is 1. The van der Waals surface area contributed by atoms with Crippen LogP contribution in [0.5, 0.6) is 0 Å². The number of fused-ring (bicyclic) bond motifs is 1. The van der Waals surface area contributed by atoms with Gasteiger partial charge >= 0.3 is 0 Å². The molecular formula is C26H28BrN5O2. The number of aromatic nitrogens is 3. The van der Waals surface area contributed by atoms with Gasteiger partial charge in [-0.05, 0) is 89.9 Å². The molecule has 2 fully saturated rings. The third-order valence-electron chi connectivity index (χ3n) is 8.04. The number of amides is 1. The molecule has 6 rings (SSSR count). The van der Waals surface area contributed by atoms with Crippen molar-refractivity contribution in [3.05, 3.63) is 57.1 Å². The van der Waals surface area contributed by atoms with Gasteiger partial charge in [0.05, 0.1) is 17.3 Å². The molecule has 8 heteroatoms. The van der Waals surface area contributed by atoms with Gasteiger partial charge in [0.2, 0.25) is 5.91 Å². The van der Waals surface area contributed by atoms with Crippen LogP contribution in [0.1, 0.15) is 67.8 Å². The van der Waals surface area contributed by atoms with Crippen LogP contribution in [-0.4, -0.2) is 26.9 Å². The molecule has 0 aromatic carbocycles. The first kappa shape index (κ1) is 21.8. The predicted octanol–water partition coefficient (Wildman–Crippen LogP) is 4.63. The molecule has 3 aliphatic carbocycles. The van der Waals surface area contributed by atoms with E-state index in [0.29, 0.717) is 18.8 Å². The molecule has 0 saturated heterocycles. The van der Waals surface area contributed by atoms with E-state index in [4.69, 9.17) is 5.73 Å². The molecule has 1 spiro atoms. The second-order valence-electron chi connectivity index (χ2n) is 10.5. The van der Waals surface area contributed by atoms with Crippen LogP contribution in [0.15, 0.2) is 40.1 Å². The number of halogens is 1. The Kier molecular flexibility index (Phi) is 5.24. The minimum atomic E-state index is -0.364. The average Bonchev–Trinajstić information content (AvgIpc) is 3.44. The van der Waals surface area contributed by atoms with Gasteiger partial charge in [-0.2, -0.15) is 5.10 Å². The minimum absolute atomic E-state index is 0.00912. The van der Waals surface area contributed by atoms with Gasteiger partial charge in [-0.25, -0.2) is 0 Å². The highest BCUT2D eigenvalue weighted by Gasteiger charge is 2.47. The number of nitrogens with one attached hydrogen (secondary N) is 2. The minimum Gasteiger partial charge on any atom is -0.369 e. The van der Waals surface area contributed by atoms with Gasteiger partial charge in [0, 0.05) is 40.3 Å². The summed E-state index contributed by atoms with van der Waals surface area (Å²) in [6.07, 6.45) is 13.3. The molecule has 176 valence electrons. The zero-order chi connectivity index (χ0) is 23.4. The van der Waals surface area contributed by atoms with E-state index < -0.39 is 0 Å². The Bertz CT molecular complexity index is 1230. The van der Waals surface area contributed by atoms with E-state index >= 15 is 0 Å². The fourth-order valence-corrected chi connectivity index (χ4v) is 6.44. The maximum atomic E-state index is 13.3. The summed E-state index contributed by atoms with van der Waals surface area (Å²) < 4.78 is 0.972. The van der Waals surface area contributed by atoms with E-state index in [-0.39, 0.29) is 28.9 Å². The zero-order valence-electron chi connectivity index (χ0n) is 18.9. The molecule has 7 nitrogen and oxygen atoms in total. The van der Waals surface area contributed by atoms with Gasteiger partial charge in [0.15, 0.2) is 5.78 Å². The predicted molar refractivity (Wildman–Crippen MR) is 133 cm³/mol. The number of hydrogen-bond acceptors (Lipinski definition) is 5. The summed E-state index contributed by atoms with van der Waals surface area (Å²) in [5.41, 5.74) is 10.2. The first-order valence-corrected chi connectivity index (χ1v) is 12.9. The standard InChI is InChI=1S/C26H28BrN5O2/c27-16-4-6-17(29-13-16)5-1-14-7-8-26(10-14)11-20-18(21(33)12-26)9-19-23(31-32-25(19)30-20)22(24(28)34)15-2-3-15/h1,4-6,13-15,22H,2-3,7-12H2,(H2,28,34)(H2,30,31,32)/b5-1+. The lowest BCUT2D eigenvalue weighted by Crippen LogP contribution is -2.34. The van der Waals surface area contributed by atoms with Crippen LogP contribution in [0, 0.1) is 17.3 Å². The lowest BCUT2D eigenvalue weighted by Gasteiger charge is -2.37. The number of nitrogens with two attached hydrogens (primary N) is 1. The maximum Gasteiger partial charge on any atom is 0.226 e. The lowest BCUT2D eigenvalue weighted by molar-refractivity contribution is -0.120. The number of H-pyrrole nitrogens is 1. The van der Waals surface area contributed by atoms with Crippen molar-refractivity contribution in [2.24, 2.45) is 23.0 Å². The molecule has 4 N–H and O–H groups in total. The molecule has 0 radical (unpaired) electrons. The van der Waals surface area contributed by atoms with Crippen molar-refractivity contribution >= 4 is 39.5 Å². The van der Waals surface area contributed by atoms with E-state index in [9.17, 15) is 9.59 Å². The highest BCUT2D eigenvalue weighted by Crippen LogP contribution is 2.54. The van der Waals surface area contributed by atoms with Crippen LogP contribution < -0.4 is 11.1 Å². The molecule has 2 saturated carbocycles. The Morgan fingerprint density at radius 1 is 1.26 bits per heavy atom. The molecular weight excluding hydrogens is 494 g/mol.